The number of ether oxygens (including phenoxy) is 1. The molecule has 144 valence electrons. The topological polar surface area (TPSA) is 62.7 Å². The lowest BCUT2D eigenvalue weighted by Crippen LogP contribution is -2.51. The number of rotatable bonds is 6. The van der Waals surface area contributed by atoms with Crippen LogP contribution in [0.5, 0.6) is 5.75 Å². The Morgan fingerprint density at radius 2 is 1.70 bits per heavy atom. The Labute approximate surface area is 163 Å². The Morgan fingerprint density at radius 1 is 1.07 bits per heavy atom. The predicted molar refractivity (Wildman–Crippen MR) is 105 cm³/mol. The Bertz CT molecular complexity index is 780. The zero-order valence-corrected chi connectivity index (χ0v) is 16.6. The van der Waals surface area contributed by atoms with Crippen LogP contribution in [0.15, 0.2) is 29.6 Å². The van der Waals surface area contributed by atoms with Crippen molar-refractivity contribution >= 4 is 23.2 Å². The minimum atomic E-state index is 0.0885. The van der Waals surface area contributed by atoms with Gasteiger partial charge < -0.3 is 14.5 Å². The highest BCUT2D eigenvalue weighted by atomic mass is 32.1. The second-order valence-electron chi connectivity index (χ2n) is 6.64. The van der Waals surface area contributed by atoms with Crippen LogP contribution in [0.2, 0.25) is 0 Å². The fraction of sp³-hybridized carbons (Fsp3) is 0.450. The van der Waals surface area contributed by atoms with Crippen molar-refractivity contribution in [3.63, 3.8) is 0 Å². The first-order valence-corrected chi connectivity index (χ1v) is 10.0. The number of amides is 2. The number of piperazine rings is 1. The SMILES string of the molecule is COc1ccc(CCC(=O)N2CCN(C(=O)Cc3csc(C)n3)CC2)cc1. The second kappa shape index (κ2) is 8.99. The summed E-state index contributed by atoms with van der Waals surface area (Å²) in [4.78, 5) is 32.9. The van der Waals surface area contributed by atoms with Gasteiger partial charge in [-0.1, -0.05) is 12.1 Å². The number of hydrogen-bond acceptors (Lipinski definition) is 5. The lowest BCUT2D eigenvalue weighted by molar-refractivity contribution is -0.139. The van der Waals surface area contributed by atoms with Crippen LogP contribution in [-0.4, -0.2) is 59.9 Å². The van der Waals surface area contributed by atoms with Crippen molar-refractivity contribution in [3.8, 4) is 5.75 Å². The third kappa shape index (κ3) is 5.29. The molecule has 0 saturated carbocycles. The molecule has 0 spiro atoms. The van der Waals surface area contributed by atoms with E-state index in [1.807, 2.05) is 46.4 Å². The van der Waals surface area contributed by atoms with Crippen molar-refractivity contribution in [2.75, 3.05) is 33.3 Å². The third-order valence-electron chi connectivity index (χ3n) is 4.77. The number of benzene rings is 1. The van der Waals surface area contributed by atoms with Crippen molar-refractivity contribution < 1.29 is 14.3 Å². The molecule has 6 nitrogen and oxygen atoms in total. The molecule has 7 heteroatoms. The highest BCUT2D eigenvalue weighted by Crippen LogP contribution is 2.14. The first kappa shape index (κ1) is 19.4. The van der Waals surface area contributed by atoms with Crippen molar-refractivity contribution in [2.24, 2.45) is 0 Å². The van der Waals surface area contributed by atoms with Gasteiger partial charge in [0.05, 0.1) is 24.2 Å². The Hall–Kier alpha value is -2.41. The van der Waals surface area contributed by atoms with Gasteiger partial charge in [-0.2, -0.15) is 0 Å². The van der Waals surface area contributed by atoms with Crippen LogP contribution in [0.1, 0.15) is 22.7 Å². The van der Waals surface area contributed by atoms with E-state index in [2.05, 4.69) is 4.98 Å². The maximum Gasteiger partial charge on any atom is 0.228 e. The zero-order valence-electron chi connectivity index (χ0n) is 15.8. The fourth-order valence-electron chi connectivity index (χ4n) is 3.16. The van der Waals surface area contributed by atoms with Gasteiger partial charge in [-0.25, -0.2) is 4.98 Å². The van der Waals surface area contributed by atoms with E-state index in [1.165, 1.54) is 0 Å². The summed E-state index contributed by atoms with van der Waals surface area (Å²) in [5.41, 5.74) is 1.96. The molecule has 0 radical (unpaired) electrons. The minimum Gasteiger partial charge on any atom is -0.497 e. The lowest BCUT2D eigenvalue weighted by Gasteiger charge is -2.34. The van der Waals surface area contributed by atoms with Crippen molar-refractivity contribution in [2.45, 2.75) is 26.2 Å². The van der Waals surface area contributed by atoms with Gasteiger partial charge in [0.2, 0.25) is 11.8 Å². The molecule has 1 aromatic carbocycles. The zero-order chi connectivity index (χ0) is 19.2. The number of aromatic nitrogens is 1. The number of thiazole rings is 1. The molecular weight excluding hydrogens is 362 g/mol. The van der Waals surface area contributed by atoms with Crippen molar-refractivity contribution in [3.05, 3.63) is 45.9 Å². The molecule has 0 unspecified atom stereocenters. The number of carbonyl (C=O) groups excluding carboxylic acids is 2. The maximum atomic E-state index is 12.5. The molecule has 0 aliphatic carbocycles. The van der Waals surface area contributed by atoms with E-state index < -0.39 is 0 Å². The summed E-state index contributed by atoms with van der Waals surface area (Å²) in [6.45, 7) is 4.33. The summed E-state index contributed by atoms with van der Waals surface area (Å²) in [5.74, 6) is 1.05. The number of nitrogens with zero attached hydrogens (tertiary/aromatic N) is 3. The van der Waals surface area contributed by atoms with E-state index in [0.29, 0.717) is 45.4 Å². The van der Waals surface area contributed by atoms with E-state index in [4.69, 9.17) is 4.74 Å². The molecule has 2 aromatic rings. The van der Waals surface area contributed by atoms with Gasteiger partial charge >= 0.3 is 0 Å². The van der Waals surface area contributed by atoms with Crippen LogP contribution in [0.25, 0.3) is 0 Å². The summed E-state index contributed by atoms with van der Waals surface area (Å²) >= 11 is 1.56. The summed E-state index contributed by atoms with van der Waals surface area (Å²) in [6.07, 6.45) is 1.54. The monoisotopic (exact) mass is 387 g/mol. The van der Waals surface area contributed by atoms with Crippen LogP contribution >= 0.6 is 11.3 Å². The summed E-state index contributed by atoms with van der Waals surface area (Å²) in [5, 5.41) is 2.91. The summed E-state index contributed by atoms with van der Waals surface area (Å²) in [7, 11) is 1.64. The lowest BCUT2D eigenvalue weighted by atomic mass is 10.1. The molecule has 3 rings (SSSR count). The second-order valence-corrected chi connectivity index (χ2v) is 7.71. The Kier molecular flexibility index (Phi) is 6.45. The largest absolute Gasteiger partial charge is 0.497 e. The van der Waals surface area contributed by atoms with Crippen LogP contribution in [0, 0.1) is 6.92 Å². The molecular formula is C20H25N3O3S. The van der Waals surface area contributed by atoms with E-state index >= 15 is 0 Å². The van der Waals surface area contributed by atoms with E-state index in [1.54, 1.807) is 18.4 Å². The number of methoxy groups -OCH3 is 1. The smallest absolute Gasteiger partial charge is 0.228 e. The van der Waals surface area contributed by atoms with Gasteiger partial charge in [0, 0.05) is 38.0 Å². The van der Waals surface area contributed by atoms with Gasteiger partial charge in [-0.05, 0) is 31.0 Å². The van der Waals surface area contributed by atoms with E-state index in [-0.39, 0.29) is 11.8 Å². The Morgan fingerprint density at radius 3 is 2.26 bits per heavy atom. The average Bonchev–Trinajstić information content (AvgIpc) is 3.11. The Balaban J connectivity index is 1.42. The average molecular weight is 388 g/mol. The molecule has 2 heterocycles. The van der Waals surface area contributed by atoms with Crippen LogP contribution in [0.3, 0.4) is 0 Å². The molecule has 1 aliphatic heterocycles. The summed E-state index contributed by atoms with van der Waals surface area (Å²) < 4.78 is 5.15. The normalized spacial score (nSPS) is 14.3. The van der Waals surface area contributed by atoms with Gasteiger partial charge in [0.1, 0.15) is 5.75 Å². The molecule has 1 aliphatic rings. The molecule has 1 aromatic heterocycles. The predicted octanol–water partition coefficient (Wildman–Crippen LogP) is 2.31. The number of aryl methyl sites for hydroxylation is 2. The molecule has 0 N–H and O–H groups in total. The van der Waals surface area contributed by atoms with E-state index in [0.717, 1.165) is 22.0 Å². The minimum absolute atomic E-state index is 0.0885. The van der Waals surface area contributed by atoms with Gasteiger partial charge in [-0.3, -0.25) is 9.59 Å². The molecule has 2 amide bonds. The van der Waals surface area contributed by atoms with Crippen LogP contribution < -0.4 is 4.74 Å². The number of hydrogen-bond donors (Lipinski definition) is 0. The third-order valence-corrected chi connectivity index (χ3v) is 5.59. The van der Waals surface area contributed by atoms with Gasteiger partial charge in [-0.15, -0.1) is 11.3 Å². The molecule has 1 fully saturated rings. The molecule has 1 saturated heterocycles. The molecule has 27 heavy (non-hydrogen) atoms. The van der Waals surface area contributed by atoms with Crippen molar-refractivity contribution in [1.82, 2.24) is 14.8 Å². The number of carbonyl (C=O) groups is 2. The fourth-order valence-corrected chi connectivity index (χ4v) is 3.78. The van der Waals surface area contributed by atoms with E-state index in [9.17, 15) is 9.59 Å². The van der Waals surface area contributed by atoms with Crippen LogP contribution in [-0.2, 0) is 22.4 Å². The first-order chi connectivity index (χ1) is 13.0. The summed E-state index contributed by atoms with van der Waals surface area (Å²) in [6, 6.07) is 7.80. The highest BCUT2D eigenvalue weighted by molar-refractivity contribution is 7.09. The van der Waals surface area contributed by atoms with Crippen molar-refractivity contribution in [1.29, 1.82) is 0 Å². The van der Waals surface area contributed by atoms with Gasteiger partial charge in [0.15, 0.2) is 0 Å². The highest BCUT2D eigenvalue weighted by Gasteiger charge is 2.24. The standard InChI is InChI=1S/C20H25N3O3S/c1-15-21-17(14-27-15)13-20(25)23-11-9-22(10-12-23)19(24)8-5-16-3-6-18(26-2)7-4-16/h3-4,6-7,14H,5,8-13H2,1-2H3. The van der Waals surface area contributed by atoms with Gasteiger partial charge in [0.25, 0.3) is 0 Å². The molecule has 0 atom stereocenters. The first-order valence-electron chi connectivity index (χ1n) is 9.14. The quantitative estimate of drug-likeness (QED) is 0.763. The van der Waals surface area contributed by atoms with Crippen LogP contribution in [0.4, 0.5) is 0 Å². The maximum absolute atomic E-state index is 12.5. The molecule has 0 bridgehead atoms.